The third-order valence-electron chi connectivity index (χ3n) is 5.04. The first kappa shape index (κ1) is 22.7. The second-order valence-corrected chi connectivity index (χ2v) is 7.99. The molecule has 3 rings (SSSR count). The van der Waals surface area contributed by atoms with Gasteiger partial charge in [0.1, 0.15) is 0 Å². The van der Waals surface area contributed by atoms with Gasteiger partial charge in [0.05, 0.1) is 36.7 Å². The number of nitrogens with zero attached hydrogens (tertiary/aromatic N) is 4. The van der Waals surface area contributed by atoms with E-state index in [-0.39, 0.29) is 24.8 Å². The number of ether oxygens (including phenoxy) is 2. The molecule has 2 aromatic heterocycles. The number of pyridine rings is 1. The monoisotopic (exact) mass is 428 g/mol. The molecule has 0 spiro atoms. The Labute approximate surface area is 183 Å². The molecular weight excluding hydrogens is 396 g/mol. The highest BCUT2D eigenvalue weighted by atomic mass is 16.5. The van der Waals surface area contributed by atoms with Crippen LogP contribution in [0.5, 0.6) is 5.88 Å². The summed E-state index contributed by atoms with van der Waals surface area (Å²) in [6.07, 6.45) is 0.303. The molecule has 0 radical (unpaired) electrons. The zero-order valence-corrected chi connectivity index (χ0v) is 19.2. The average Bonchev–Trinajstić information content (AvgIpc) is 2.69. The number of hydrogen-bond acceptors (Lipinski definition) is 7. The van der Waals surface area contributed by atoms with E-state index in [4.69, 9.17) is 9.47 Å². The van der Waals surface area contributed by atoms with Gasteiger partial charge in [-0.15, -0.1) is 5.10 Å². The average molecular weight is 429 g/mol. The van der Waals surface area contributed by atoms with Crippen LogP contribution in [-0.2, 0) is 11.3 Å². The molecule has 2 N–H and O–H groups in total. The third kappa shape index (κ3) is 5.81. The van der Waals surface area contributed by atoms with Crippen LogP contribution in [0.25, 0.3) is 0 Å². The van der Waals surface area contributed by atoms with Crippen LogP contribution in [0.2, 0.25) is 0 Å². The van der Waals surface area contributed by atoms with Crippen LogP contribution in [0.1, 0.15) is 43.3 Å². The number of aromatic nitrogens is 3. The van der Waals surface area contributed by atoms with Gasteiger partial charge in [-0.1, -0.05) is 0 Å². The molecule has 0 saturated carbocycles. The summed E-state index contributed by atoms with van der Waals surface area (Å²) >= 11 is 0. The molecular formula is C22H32N6O3. The molecule has 0 aliphatic carbocycles. The maximum Gasteiger partial charge on any atom is 0.319 e. The van der Waals surface area contributed by atoms with E-state index in [0.717, 1.165) is 35.7 Å². The van der Waals surface area contributed by atoms with Crippen LogP contribution in [0.4, 0.5) is 16.3 Å². The molecule has 2 unspecified atom stereocenters. The van der Waals surface area contributed by atoms with E-state index in [1.54, 1.807) is 0 Å². The number of amides is 2. The van der Waals surface area contributed by atoms with Crippen LogP contribution >= 0.6 is 0 Å². The summed E-state index contributed by atoms with van der Waals surface area (Å²) < 4.78 is 11.3. The summed E-state index contributed by atoms with van der Waals surface area (Å²) in [5.74, 6) is 1.39. The number of carbonyl (C=O) groups is 1. The minimum absolute atomic E-state index is 0.151. The SMILES string of the molecule is CCOc1nc(C)cc(NC(=O)NCc2cc(C)c(N3CC(C)OC(C)C3)nn2)c1C. The minimum Gasteiger partial charge on any atom is -0.478 e. The van der Waals surface area contributed by atoms with Crippen molar-refractivity contribution in [3.8, 4) is 5.88 Å². The molecule has 2 aromatic rings. The van der Waals surface area contributed by atoms with Crippen molar-refractivity contribution in [2.24, 2.45) is 0 Å². The second kappa shape index (κ2) is 9.91. The molecule has 31 heavy (non-hydrogen) atoms. The molecule has 168 valence electrons. The van der Waals surface area contributed by atoms with E-state index >= 15 is 0 Å². The van der Waals surface area contributed by atoms with E-state index in [9.17, 15) is 4.79 Å². The number of hydrogen-bond donors (Lipinski definition) is 2. The highest BCUT2D eigenvalue weighted by molar-refractivity contribution is 5.90. The maximum absolute atomic E-state index is 12.4. The Morgan fingerprint density at radius 1 is 1.19 bits per heavy atom. The molecule has 2 amide bonds. The highest BCUT2D eigenvalue weighted by Crippen LogP contribution is 2.25. The first-order valence-corrected chi connectivity index (χ1v) is 10.7. The van der Waals surface area contributed by atoms with Crippen molar-refractivity contribution in [1.29, 1.82) is 0 Å². The summed E-state index contributed by atoms with van der Waals surface area (Å²) in [6, 6.07) is 3.46. The fourth-order valence-corrected chi connectivity index (χ4v) is 3.74. The zero-order valence-electron chi connectivity index (χ0n) is 19.2. The number of nitrogens with one attached hydrogen (secondary N) is 2. The van der Waals surface area contributed by atoms with Gasteiger partial charge in [0.25, 0.3) is 0 Å². The molecule has 9 heteroatoms. The topological polar surface area (TPSA) is 102 Å². The van der Waals surface area contributed by atoms with Crippen molar-refractivity contribution in [3.05, 3.63) is 34.6 Å². The Hall–Kier alpha value is -2.94. The van der Waals surface area contributed by atoms with Crippen LogP contribution in [0, 0.1) is 20.8 Å². The highest BCUT2D eigenvalue weighted by Gasteiger charge is 2.24. The van der Waals surface area contributed by atoms with Crippen LogP contribution in [0.15, 0.2) is 12.1 Å². The van der Waals surface area contributed by atoms with Crippen molar-refractivity contribution < 1.29 is 14.3 Å². The van der Waals surface area contributed by atoms with Gasteiger partial charge >= 0.3 is 6.03 Å². The first-order chi connectivity index (χ1) is 14.8. The summed E-state index contributed by atoms with van der Waals surface area (Å²) in [6.45, 7) is 14.1. The summed E-state index contributed by atoms with van der Waals surface area (Å²) in [4.78, 5) is 19.0. The van der Waals surface area contributed by atoms with Crippen molar-refractivity contribution in [2.75, 3.05) is 29.9 Å². The van der Waals surface area contributed by atoms with Gasteiger partial charge in [0.2, 0.25) is 5.88 Å². The van der Waals surface area contributed by atoms with Gasteiger partial charge in [-0.3, -0.25) is 0 Å². The van der Waals surface area contributed by atoms with Gasteiger partial charge in [-0.2, -0.15) is 5.10 Å². The summed E-state index contributed by atoms with van der Waals surface area (Å²) in [5, 5.41) is 14.4. The van der Waals surface area contributed by atoms with Gasteiger partial charge in [0.15, 0.2) is 5.82 Å². The number of morpholine rings is 1. The van der Waals surface area contributed by atoms with Gasteiger partial charge in [-0.25, -0.2) is 9.78 Å². The molecule has 0 bridgehead atoms. The van der Waals surface area contributed by atoms with Crippen molar-refractivity contribution in [2.45, 2.75) is 60.3 Å². The van der Waals surface area contributed by atoms with E-state index in [1.165, 1.54) is 0 Å². The number of urea groups is 1. The van der Waals surface area contributed by atoms with Crippen molar-refractivity contribution in [3.63, 3.8) is 0 Å². The number of carbonyl (C=O) groups excluding carboxylic acids is 1. The van der Waals surface area contributed by atoms with Crippen molar-refractivity contribution in [1.82, 2.24) is 20.5 Å². The molecule has 1 saturated heterocycles. The zero-order chi connectivity index (χ0) is 22.5. The second-order valence-electron chi connectivity index (χ2n) is 7.99. The Balaban J connectivity index is 1.61. The van der Waals surface area contributed by atoms with Gasteiger partial charge in [0, 0.05) is 24.3 Å². The van der Waals surface area contributed by atoms with E-state index in [0.29, 0.717) is 23.9 Å². The predicted molar refractivity (Wildman–Crippen MR) is 120 cm³/mol. The third-order valence-corrected chi connectivity index (χ3v) is 5.04. The Bertz CT molecular complexity index is 926. The van der Waals surface area contributed by atoms with Crippen LogP contribution < -0.4 is 20.3 Å². The smallest absolute Gasteiger partial charge is 0.319 e. The fourth-order valence-electron chi connectivity index (χ4n) is 3.74. The lowest BCUT2D eigenvalue weighted by Gasteiger charge is -2.36. The molecule has 1 aliphatic heterocycles. The van der Waals surface area contributed by atoms with Crippen LogP contribution in [0.3, 0.4) is 0 Å². The fraction of sp³-hybridized carbons (Fsp3) is 0.545. The number of aryl methyl sites for hydroxylation is 2. The Morgan fingerprint density at radius 2 is 1.90 bits per heavy atom. The van der Waals surface area contributed by atoms with Crippen LogP contribution in [-0.4, -0.2) is 53.1 Å². The maximum atomic E-state index is 12.4. The predicted octanol–water partition coefficient (Wildman–Crippen LogP) is 3.13. The lowest BCUT2D eigenvalue weighted by atomic mass is 10.2. The Morgan fingerprint density at radius 3 is 2.55 bits per heavy atom. The standard InChI is InChI=1S/C22H32N6O3/c1-7-30-21-17(6)19(9-14(3)24-21)25-22(29)23-10-18-8-13(2)20(27-26-18)28-11-15(4)31-16(5)12-28/h8-9,15-16H,7,10-12H2,1-6H3,(H2,23,24,25,29). The van der Waals surface area contributed by atoms with Gasteiger partial charge < -0.3 is 25.0 Å². The molecule has 3 heterocycles. The lowest BCUT2D eigenvalue weighted by molar-refractivity contribution is -0.00554. The molecule has 9 nitrogen and oxygen atoms in total. The quantitative estimate of drug-likeness (QED) is 0.729. The molecule has 2 atom stereocenters. The summed E-state index contributed by atoms with van der Waals surface area (Å²) in [5.41, 5.74) is 3.95. The van der Waals surface area contributed by atoms with E-state index in [1.807, 2.05) is 39.8 Å². The van der Waals surface area contributed by atoms with E-state index in [2.05, 4.69) is 44.6 Å². The minimum atomic E-state index is -0.324. The van der Waals surface area contributed by atoms with Gasteiger partial charge in [-0.05, 0) is 59.2 Å². The largest absolute Gasteiger partial charge is 0.478 e. The lowest BCUT2D eigenvalue weighted by Crippen LogP contribution is -2.46. The normalized spacial score (nSPS) is 18.6. The molecule has 0 aromatic carbocycles. The Kier molecular flexibility index (Phi) is 7.27. The first-order valence-electron chi connectivity index (χ1n) is 10.7. The number of anilines is 2. The molecule has 1 aliphatic rings. The van der Waals surface area contributed by atoms with Crippen molar-refractivity contribution >= 4 is 17.5 Å². The number of rotatable bonds is 6. The summed E-state index contributed by atoms with van der Waals surface area (Å²) in [7, 11) is 0. The molecule has 1 fully saturated rings. The van der Waals surface area contributed by atoms with E-state index < -0.39 is 0 Å².